The number of esters is 4. The second-order valence-electron chi connectivity index (χ2n) is 12.0. The molecule has 3 aliphatic rings. The van der Waals surface area contributed by atoms with Crippen molar-refractivity contribution in [3.05, 3.63) is 35.9 Å². The van der Waals surface area contributed by atoms with E-state index in [1.54, 1.807) is 20.8 Å². The lowest BCUT2D eigenvalue weighted by molar-refractivity contribution is -0.355. The molecule has 0 unspecified atom stereocenters. The molecule has 0 amide bonds. The first kappa shape index (κ1) is 30.9. The molecule has 41 heavy (non-hydrogen) atoms. The molecule has 11 heteroatoms. The van der Waals surface area contributed by atoms with Crippen molar-refractivity contribution in [2.24, 2.45) is 11.3 Å². The van der Waals surface area contributed by atoms with Crippen molar-refractivity contribution in [3.8, 4) is 0 Å². The molecule has 11 nitrogen and oxygen atoms in total. The van der Waals surface area contributed by atoms with Crippen LogP contribution in [0.25, 0.3) is 0 Å². The summed E-state index contributed by atoms with van der Waals surface area (Å²) in [5.41, 5.74) is -5.57. The summed E-state index contributed by atoms with van der Waals surface area (Å²) < 4.78 is 37.0. The maximum absolute atomic E-state index is 12.6. The smallest absolute Gasteiger partial charge is 0.303 e. The third-order valence-corrected chi connectivity index (χ3v) is 8.76. The number of carbonyl (C=O) groups excluding carboxylic acids is 4. The first-order valence-corrected chi connectivity index (χ1v) is 13.8. The van der Waals surface area contributed by atoms with E-state index in [1.807, 2.05) is 30.3 Å². The van der Waals surface area contributed by atoms with Crippen molar-refractivity contribution in [3.63, 3.8) is 0 Å². The van der Waals surface area contributed by atoms with Gasteiger partial charge in [-0.25, -0.2) is 0 Å². The van der Waals surface area contributed by atoms with Crippen molar-refractivity contribution >= 4 is 23.9 Å². The van der Waals surface area contributed by atoms with Crippen LogP contribution in [-0.4, -0.2) is 76.8 Å². The topological polar surface area (TPSA) is 144 Å². The first-order valence-electron chi connectivity index (χ1n) is 13.8. The first-order chi connectivity index (χ1) is 19.1. The molecule has 1 aromatic rings. The lowest BCUT2D eigenvalue weighted by atomic mass is 9.46. The number of hydrogen-bond donors (Lipinski definition) is 1. The Kier molecular flexibility index (Phi) is 8.30. The zero-order valence-corrected chi connectivity index (χ0v) is 24.6. The van der Waals surface area contributed by atoms with Crippen molar-refractivity contribution in [1.29, 1.82) is 0 Å². The van der Waals surface area contributed by atoms with E-state index in [1.165, 1.54) is 27.7 Å². The van der Waals surface area contributed by atoms with Gasteiger partial charge in [0.1, 0.15) is 42.0 Å². The molecule has 1 N–H and O–H groups in total. The quantitative estimate of drug-likeness (QED) is 0.360. The van der Waals surface area contributed by atoms with Crippen LogP contribution in [0.5, 0.6) is 0 Å². The minimum absolute atomic E-state index is 0.0431. The highest BCUT2D eigenvalue weighted by Crippen LogP contribution is 2.69. The number of hydrogen-bond acceptors (Lipinski definition) is 11. The molecule has 2 aliphatic carbocycles. The lowest BCUT2D eigenvalue weighted by Crippen LogP contribution is -2.83. The summed E-state index contributed by atoms with van der Waals surface area (Å²) in [6, 6.07) is 9.27. The highest BCUT2D eigenvalue weighted by atomic mass is 16.6. The van der Waals surface area contributed by atoms with Crippen molar-refractivity contribution < 1.29 is 52.7 Å². The highest BCUT2D eigenvalue weighted by Gasteiger charge is 2.86. The molecule has 226 valence electrons. The third-order valence-electron chi connectivity index (χ3n) is 8.76. The van der Waals surface area contributed by atoms with Crippen LogP contribution in [-0.2, 0) is 54.2 Å². The average Bonchev–Trinajstić information content (AvgIpc) is 3.05. The maximum atomic E-state index is 12.6. The summed E-state index contributed by atoms with van der Waals surface area (Å²) in [5, 5.41) is 12.3. The van der Waals surface area contributed by atoms with Gasteiger partial charge in [0.15, 0.2) is 0 Å². The molecule has 1 spiro atoms. The molecule has 0 radical (unpaired) electrons. The van der Waals surface area contributed by atoms with Crippen molar-refractivity contribution in [1.82, 2.24) is 0 Å². The Morgan fingerprint density at radius 2 is 1.49 bits per heavy atom. The van der Waals surface area contributed by atoms with Gasteiger partial charge in [0.05, 0.1) is 23.7 Å². The van der Waals surface area contributed by atoms with Gasteiger partial charge in [-0.1, -0.05) is 30.3 Å². The Balaban J connectivity index is 2.06. The molecule has 2 bridgehead atoms. The van der Waals surface area contributed by atoms with Crippen LogP contribution in [0.2, 0.25) is 0 Å². The van der Waals surface area contributed by atoms with E-state index in [9.17, 15) is 24.3 Å². The monoisotopic (exact) mass is 576 g/mol. The van der Waals surface area contributed by atoms with Gasteiger partial charge in [0, 0.05) is 27.7 Å². The van der Waals surface area contributed by atoms with E-state index in [0.717, 1.165) is 5.56 Å². The number of benzene rings is 1. The summed E-state index contributed by atoms with van der Waals surface area (Å²) in [6.45, 7) is 9.61. The van der Waals surface area contributed by atoms with Crippen LogP contribution in [0, 0.1) is 11.3 Å². The van der Waals surface area contributed by atoms with Crippen LogP contribution in [0.4, 0.5) is 0 Å². The molecule has 0 aromatic heterocycles. The number of aliphatic hydroxyl groups is 1. The fraction of sp³-hybridized carbons (Fsp3) is 0.667. The van der Waals surface area contributed by atoms with Crippen LogP contribution in [0.3, 0.4) is 0 Å². The standard InChI is InChI=1S/C30H40O11/c1-17(31)37-16-29-22(38-18(2)32)13-14-28(7,35)30(29)25(40-20(4)34)23(27(5,6)41-30)24(39-19(3)33)26(29)36-15-21-11-9-8-10-12-21/h8-12,22-26,35H,13-16H2,1-7H3/t22-,23+,24+,25+,26-,28-,29-,30-/m0/s1. The Morgan fingerprint density at radius 3 is 2.05 bits per heavy atom. The normalized spacial score (nSPS) is 36.9. The Hall–Kier alpha value is -3.02. The number of carbonyl (C=O) groups is 4. The second-order valence-corrected chi connectivity index (χ2v) is 12.0. The zero-order chi connectivity index (χ0) is 30.4. The predicted octanol–water partition coefficient (Wildman–Crippen LogP) is 2.64. The fourth-order valence-corrected chi connectivity index (χ4v) is 7.51. The lowest BCUT2D eigenvalue weighted by Gasteiger charge is -2.65. The second kappa shape index (κ2) is 11.0. The predicted molar refractivity (Wildman–Crippen MR) is 142 cm³/mol. The molecule has 1 heterocycles. The van der Waals surface area contributed by atoms with Gasteiger partial charge in [-0.2, -0.15) is 0 Å². The summed E-state index contributed by atoms with van der Waals surface area (Å²) in [4.78, 5) is 50.1. The Morgan fingerprint density at radius 1 is 0.878 bits per heavy atom. The number of fused-ring (bicyclic) bond motifs is 1. The van der Waals surface area contributed by atoms with Crippen LogP contribution >= 0.6 is 0 Å². The number of rotatable bonds is 8. The van der Waals surface area contributed by atoms with Gasteiger partial charge in [-0.05, 0) is 39.2 Å². The van der Waals surface area contributed by atoms with E-state index in [-0.39, 0.29) is 19.4 Å². The van der Waals surface area contributed by atoms with Gasteiger partial charge < -0.3 is 33.5 Å². The summed E-state index contributed by atoms with van der Waals surface area (Å²) in [6.07, 6.45) is -4.27. The molecular weight excluding hydrogens is 536 g/mol. The molecule has 3 fully saturated rings. The molecular formula is C30H40O11. The van der Waals surface area contributed by atoms with E-state index < -0.39 is 83.0 Å². The van der Waals surface area contributed by atoms with E-state index in [0.29, 0.717) is 0 Å². The Bertz CT molecular complexity index is 1180. The fourth-order valence-electron chi connectivity index (χ4n) is 7.51. The molecule has 1 saturated heterocycles. The van der Waals surface area contributed by atoms with Crippen LogP contribution in [0.15, 0.2) is 30.3 Å². The molecule has 4 rings (SSSR count). The molecule has 1 aromatic carbocycles. The van der Waals surface area contributed by atoms with Gasteiger partial charge in [-0.15, -0.1) is 0 Å². The average molecular weight is 577 g/mol. The number of ether oxygens (including phenoxy) is 6. The summed E-state index contributed by atoms with van der Waals surface area (Å²) in [7, 11) is 0. The largest absolute Gasteiger partial charge is 0.465 e. The van der Waals surface area contributed by atoms with E-state index in [2.05, 4.69) is 0 Å². The van der Waals surface area contributed by atoms with Gasteiger partial charge >= 0.3 is 23.9 Å². The van der Waals surface area contributed by atoms with Crippen LogP contribution in [0.1, 0.15) is 66.9 Å². The van der Waals surface area contributed by atoms with Gasteiger partial charge in [-0.3, -0.25) is 19.2 Å². The third kappa shape index (κ3) is 5.12. The van der Waals surface area contributed by atoms with Crippen LogP contribution < -0.4 is 0 Å². The summed E-state index contributed by atoms with van der Waals surface area (Å²) in [5.74, 6) is -3.37. The van der Waals surface area contributed by atoms with Gasteiger partial charge in [0.25, 0.3) is 0 Å². The summed E-state index contributed by atoms with van der Waals surface area (Å²) >= 11 is 0. The Labute approximate surface area is 239 Å². The zero-order valence-electron chi connectivity index (χ0n) is 24.6. The molecule has 1 aliphatic heterocycles. The van der Waals surface area contributed by atoms with Crippen molar-refractivity contribution in [2.75, 3.05) is 6.61 Å². The van der Waals surface area contributed by atoms with E-state index >= 15 is 0 Å². The highest BCUT2D eigenvalue weighted by molar-refractivity contribution is 5.68. The minimum Gasteiger partial charge on any atom is -0.465 e. The minimum atomic E-state index is -1.81. The molecule has 2 saturated carbocycles. The van der Waals surface area contributed by atoms with E-state index in [4.69, 9.17) is 28.4 Å². The maximum Gasteiger partial charge on any atom is 0.303 e. The molecule has 8 atom stereocenters. The van der Waals surface area contributed by atoms with Crippen molar-refractivity contribution in [2.45, 2.75) is 109 Å². The van der Waals surface area contributed by atoms with Gasteiger partial charge in [0.2, 0.25) is 0 Å². The SMILES string of the molecule is CC(=O)OC[C@@]12[C@@H](OC(C)=O)CC[C@](C)(O)[C@]13OC(C)(C)[C@H]([C@@H](OC(C)=O)[C@@H]2OCc1ccccc1)[C@H]3OC(C)=O.